The van der Waals surface area contributed by atoms with Crippen molar-refractivity contribution in [1.82, 2.24) is 19.3 Å². The fourth-order valence-electron chi connectivity index (χ4n) is 1.64. The van der Waals surface area contributed by atoms with Crippen LogP contribution in [0.1, 0.15) is 5.69 Å². The van der Waals surface area contributed by atoms with Gasteiger partial charge in [-0.15, -0.1) is 0 Å². The molecule has 0 fully saturated rings. The van der Waals surface area contributed by atoms with Gasteiger partial charge in [0.25, 0.3) is 5.56 Å². The standard InChI is InChI=1S/C10H13N5O3/c1-14-9(18-2)3-6(13-14)5-15-7(11)4-8(16)12-10(15)17/h3-4H,5,11H2,1-2H3,(H,12,16,17). The van der Waals surface area contributed by atoms with Gasteiger partial charge in [0, 0.05) is 19.2 Å². The molecule has 2 aromatic rings. The third kappa shape index (κ3) is 2.12. The summed E-state index contributed by atoms with van der Waals surface area (Å²) in [7, 11) is 3.25. The van der Waals surface area contributed by atoms with Crippen molar-refractivity contribution in [3.8, 4) is 5.88 Å². The number of rotatable bonds is 3. The van der Waals surface area contributed by atoms with E-state index in [1.165, 1.54) is 11.7 Å². The van der Waals surface area contributed by atoms with Crippen molar-refractivity contribution < 1.29 is 4.74 Å². The number of ether oxygens (including phenoxy) is 1. The lowest BCUT2D eigenvalue weighted by atomic mass is 10.4. The van der Waals surface area contributed by atoms with E-state index in [0.717, 1.165) is 6.07 Å². The van der Waals surface area contributed by atoms with Crippen molar-refractivity contribution >= 4 is 5.82 Å². The lowest BCUT2D eigenvalue weighted by Gasteiger charge is -2.05. The molecule has 96 valence electrons. The average molecular weight is 251 g/mol. The topological polar surface area (TPSA) is 108 Å². The van der Waals surface area contributed by atoms with Gasteiger partial charge in [0.2, 0.25) is 5.88 Å². The number of nitrogens with two attached hydrogens (primary N) is 1. The Bertz CT molecular complexity index is 682. The molecular weight excluding hydrogens is 238 g/mol. The van der Waals surface area contributed by atoms with Crippen LogP contribution in [0.3, 0.4) is 0 Å². The van der Waals surface area contributed by atoms with E-state index in [-0.39, 0.29) is 12.4 Å². The van der Waals surface area contributed by atoms with E-state index < -0.39 is 11.2 Å². The highest BCUT2D eigenvalue weighted by molar-refractivity contribution is 5.27. The van der Waals surface area contributed by atoms with Gasteiger partial charge in [-0.05, 0) is 0 Å². The smallest absolute Gasteiger partial charge is 0.330 e. The summed E-state index contributed by atoms with van der Waals surface area (Å²) < 4.78 is 7.84. The number of hydrogen-bond donors (Lipinski definition) is 2. The first-order chi connectivity index (χ1) is 8.51. The van der Waals surface area contributed by atoms with Gasteiger partial charge in [0.15, 0.2) is 0 Å². The van der Waals surface area contributed by atoms with Crippen LogP contribution in [-0.2, 0) is 13.6 Å². The van der Waals surface area contributed by atoms with Crippen molar-refractivity contribution in [2.75, 3.05) is 12.8 Å². The molecule has 0 atom stereocenters. The number of aryl methyl sites for hydroxylation is 1. The summed E-state index contributed by atoms with van der Waals surface area (Å²) in [6.07, 6.45) is 0. The SMILES string of the molecule is COc1cc(Cn2c(N)cc(=O)[nH]c2=O)nn1C. The molecule has 0 saturated carbocycles. The van der Waals surface area contributed by atoms with Gasteiger partial charge in [-0.3, -0.25) is 14.3 Å². The quantitative estimate of drug-likeness (QED) is 0.720. The Hall–Kier alpha value is -2.51. The molecule has 0 bridgehead atoms. The van der Waals surface area contributed by atoms with Crippen molar-refractivity contribution in [1.29, 1.82) is 0 Å². The molecule has 0 saturated heterocycles. The summed E-state index contributed by atoms with van der Waals surface area (Å²) in [6.45, 7) is 0.165. The summed E-state index contributed by atoms with van der Waals surface area (Å²) >= 11 is 0. The lowest BCUT2D eigenvalue weighted by molar-refractivity contribution is 0.373. The van der Waals surface area contributed by atoms with E-state index in [4.69, 9.17) is 10.5 Å². The summed E-state index contributed by atoms with van der Waals surface area (Å²) in [4.78, 5) is 24.8. The van der Waals surface area contributed by atoms with Crippen LogP contribution in [0, 0.1) is 0 Å². The van der Waals surface area contributed by atoms with E-state index in [1.807, 2.05) is 0 Å². The van der Waals surface area contributed by atoms with Gasteiger partial charge in [-0.1, -0.05) is 0 Å². The van der Waals surface area contributed by atoms with E-state index in [9.17, 15) is 9.59 Å². The minimum Gasteiger partial charge on any atom is -0.481 e. The second kappa shape index (κ2) is 4.40. The van der Waals surface area contributed by atoms with Crippen LogP contribution in [0.4, 0.5) is 5.82 Å². The Morgan fingerprint density at radius 3 is 2.72 bits per heavy atom. The molecule has 18 heavy (non-hydrogen) atoms. The predicted molar refractivity (Wildman–Crippen MR) is 64.6 cm³/mol. The number of H-pyrrole nitrogens is 1. The number of nitrogen functional groups attached to an aromatic ring is 1. The largest absolute Gasteiger partial charge is 0.481 e. The normalized spacial score (nSPS) is 10.6. The third-order valence-corrected chi connectivity index (χ3v) is 2.48. The molecule has 8 heteroatoms. The molecule has 0 spiro atoms. The molecule has 0 amide bonds. The number of nitrogens with one attached hydrogen (secondary N) is 1. The number of anilines is 1. The highest BCUT2D eigenvalue weighted by Crippen LogP contribution is 2.12. The number of aromatic nitrogens is 4. The Labute approximate surface area is 102 Å². The molecule has 8 nitrogen and oxygen atoms in total. The number of aromatic amines is 1. The first-order valence-electron chi connectivity index (χ1n) is 5.18. The minimum absolute atomic E-state index is 0.0911. The van der Waals surface area contributed by atoms with Crippen molar-refractivity contribution in [2.24, 2.45) is 7.05 Å². The summed E-state index contributed by atoms with van der Waals surface area (Å²) in [5.41, 5.74) is 5.15. The maximum absolute atomic E-state index is 11.6. The number of nitrogens with zero attached hydrogens (tertiary/aromatic N) is 3. The fourth-order valence-corrected chi connectivity index (χ4v) is 1.64. The maximum atomic E-state index is 11.6. The predicted octanol–water partition coefficient (Wildman–Crippen LogP) is -1.09. The molecule has 0 aliphatic carbocycles. The van der Waals surface area contributed by atoms with Crippen LogP contribution >= 0.6 is 0 Å². The molecule has 3 N–H and O–H groups in total. The Morgan fingerprint density at radius 2 is 2.17 bits per heavy atom. The first-order valence-corrected chi connectivity index (χ1v) is 5.18. The number of hydrogen-bond acceptors (Lipinski definition) is 5. The summed E-state index contributed by atoms with van der Waals surface area (Å²) in [5.74, 6) is 0.661. The zero-order chi connectivity index (χ0) is 13.3. The lowest BCUT2D eigenvalue weighted by Crippen LogP contribution is -2.31. The van der Waals surface area contributed by atoms with E-state index >= 15 is 0 Å². The van der Waals surface area contributed by atoms with E-state index in [0.29, 0.717) is 11.6 Å². The zero-order valence-corrected chi connectivity index (χ0v) is 10.0. The zero-order valence-electron chi connectivity index (χ0n) is 10.0. The van der Waals surface area contributed by atoms with Gasteiger partial charge in [0.1, 0.15) is 5.82 Å². The molecule has 2 heterocycles. The monoisotopic (exact) mass is 251 g/mol. The van der Waals surface area contributed by atoms with Crippen LogP contribution in [0.15, 0.2) is 21.7 Å². The molecule has 0 aliphatic rings. The number of methoxy groups -OCH3 is 1. The Morgan fingerprint density at radius 1 is 1.44 bits per heavy atom. The molecule has 0 radical (unpaired) electrons. The van der Waals surface area contributed by atoms with E-state index in [2.05, 4.69) is 10.1 Å². The van der Waals surface area contributed by atoms with Gasteiger partial charge < -0.3 is 10.5 Å². The molecule has 0 unspecified atom stereocenters. The first kappa shape index (κ1) is 12.0. The maximum Gasteiger partial charge on any atom is 0.330 e. The van der Waals surface area contributed by atoms with Crippen LogP contribution in [0.25, 0.3) is 0 Å². The molecule has 2 rings (SSSR count). The fraction of sp³-hybridized carbons (Fsp3) is 0.300. The van der Waals surface area contributed by atoms with Crippen LogP contribution in [0.2, 0.25) is 0 Å². The second-order valence-electron chi connectivity index (χ2n) is 3.75. The van der Waals surface area contributed by atoms with Crippen LogP contribution in [-0.4, -0.2) is 26.4 Å². The van der Waals surface area contributed by atoms with E-state index in [1.54, 1.807) is 17.8 Å². The molecule has 2 aromatic heterocycles. The molecule has 0 aliphatic heterocycles. The van der Waals surface area contributed by atoms with Gasteiger partial charge in [-0.25, -0.2) is 9.48 Å². The van der Waals surface area contributed by atoms with Crippen molar-refractivity contribution in [3.63, 3.8) is 0 Å². The molecule has 0 aromatic carbocycles. The highest BCUT2D eigenvalue weighted by atomic mass is 16.5. The van der Waals surface area contributed by atoms with Crippen molar-refractivity contribution in [3.05, 3.63) is 38.7 Å². The van der Waals surface area contributed by atoms with Crippen molar-refractivity contribution in [2.45, 2.75) is 6.54 Å². The minimum atomic E-state index is -0.565. The van der Waals surface area contributed by atoms with Crippen LogP contribution < -0.4 is 21.7 Å². The Kier molecular flexibility index (Phi) is 2.92. The van der Waals surface area contributed by atoms with Gasteiger partial charge in [0.05, 0.1) is 19.3 Å². The average Bonchev–Trinajstić information content (AvgIpc) is 2.64. The van der Waals surface area contributed by atoms with Gasteiger partial charge in [-0.2, -0.15) is 5.10 Å². The highest BCUT2D eigenvalue weighted by Gasteiger charge is 2.09. The summed E-state index contributed by atoms with van der Waals surface area (Å²) in [5, 5.41) is 4.17. The third-order valence-electron chi connectivity index (χ3n) is 2.48. The molecular formula is C10H13N5O3. The van der Waals surface area contributed by atoms with Crippen LogP contribution in [0.5, 0.6) is 5.88 Å². The second-order valence-corrected chi connectivity index (χ2v) is 3.75. The Balaban J connectivity index is 2.40. The summed E-state index contributed by atoms with van der Waals surface area (Å²) in [6, 6.07) is 2.85. The van der Waals surface area contributed by atoms with Gasteiger partial charge >= 0.3 is 5.69 Å².